The van der Waals surface area contributed by atoms with Crippen molar-refractivity contribution in [2.75, 3.05) is 26.9 Å². The highest BCUT2D eigenvalue weighted by molar-refractivity contribution is 5.96. The van der Waals surface area contributed by atoms with Gasteiger partial charge in [-0.25, -0.2) is 4.98 Å². The number of hydrogen-bond acceptors (Lipinski definition) is 4. The van der Waals surface area contributed by atoms with E-state index in [2.05, 4.69) is 20.9 Å². The molecule has 26 heavy (non-hydrogen) atoms. The number of rotatable bonds is 9. The zero-order chi connectivity index (χ0) is 18.2. The first-order chi connectivity index (χ1) is 12.8. The van der Waals surface area contributed by atoms with Gasteiger partial charge in [-0.05, 0) is 30.7 Å². The van der Waals surface area contributed by atoms with Crippen molar-refractivity contribution >= 4 is 16.9 Å². The topological polar surface area (TPSA) is 65.4 Å². The van der Waals surface area contributed by atoms with Gasteiger partial charge in [-0.1, -0.05) is 24.3 Å². The fourth-order valence-electron chi connectivity index (χ4n) is 2.75. The number of nitrogens with one attached hydrogen (secondary N) is 1. The first-order valence-electron chi connectivity index (χ1n) is 8.68. The highest BCUT2D eigenvalue weighted by atomic mass is 16.5. The molecule has 0 unspecified atom stereocenters. The van der Waals surface area contributed by atoms with Crippen molar-refractivity contribution < 1.29 is 14.3 Å². The van der Waals surface area contributed by atoms with Crippen LogP contribution in [0.2, 0.25) is 0 Å². The molecule has 136 valence electrons. The average molecular weight is 353 g/mol. The van der Waals surface area contributed by atoms with Gasteiger partial charge in [0.25, 0.3) is 5.91 Å². The summed E-state index contributed by atoms with van der Waals surface area (Å²) >= 11 is 0. The lowest BCUT2D eigenvalue weighted by Gasteiger charge is -2.11. The van der Waals surface area contributed by atoms with Crippen molar-refractivity contribution in [2.45, 2.75) is 13.0 Å². The highest BCUT2D eigenvalue weighted by Gasteiger charge is 2.11. The minimum absolute atomic E-state index is 0.131. The van der Waals surface area contributed by atoms with Crippen LogP contribution < -0.4 is 10.1 Å². The van der Waals surface area contributed by atoms with Crippen LogP contribution in [-0.2, 0) is 11.3 Å². The summed E-state index contributed by atoms with van der Waals surface area (Å²) in [5.74, 6) is 0.441. The maximum absolute atomic E-state index is 12.4. The number of methoxy groups -OCH3 is 1. The first-order valence-corrected chi connectivity index (χ1v) is 8.68. The van der Waals surface area contributed by atoms with Gasteiger partial charge >= 0.3 is 0 Å². The van der Waals surface area contributed by atoms with Crippen molar-refractivity contribution in [3.63, 3.8) is 0 Å². The lowest BCUT2D eigenvalue weighted by molar-refractivity contribution is 0.0945. The molecule has 2 aromatic carbocycles. The number of aryl methyl sites for hydroxylation is 1. The predicted octanol–water partition coefficient (Wildman–Crippen LogP) is 2.88. The monoisotopic (exact) mass is 353 g/mol. The molecule has 1 N–H and O–H groups in total. The van der Waals surface area contributed by atoms with E-state index in [1.807, 2.05) is 36.7 Å². The van der Waals surface area contributed by atoms with Crippen LogP contribution in [0.5, 0.6) is 5.75 Å². The molecule has 0 spiro atoms. The molecule has 1 heterocycles. The quantitative estimate of drug-likeness (QED) is 0.601. The number of imidazole rings is 1. The van der Waals surface area contributed by atoms with Gasteiger partial charge in [0, 0.05) is 20.2 Å². The van der Waals surface area contributed by atoms with Crippen molar-refractivity contribution in [3.05, 3.63) is 60.4 Å². The van der Waals surface area contributed by atoms with Gasteiger partial charge in [0.1, 0.15) is 12.4 Å². The normalized spacial score (nSPS) is 10.8. The second kappa shape index (κ2) is 9.01. The third kappa shape index (κ3) is 4.40. The number of ether oxygens (including phenoxy) is 2. The van der Waals surface area contributed by atoms with Gasteiger partial charge < -0.3 is 19.4 Å². The molecule has 0 aliphatic rings. The van der Waals surface area contributed by atoms with E-state index in [1.54, 1.807) is 19.2 Å². The third-order valence-corrected chi connectivity index (χ3v) is 4.07. The maximum atomic E-state index is 12.4. The molecule has 0 aliphatic heterocycles. The SMILES string of the molecule is COCCOc1ccccc1C(=O)NCCCn1cnc2ccccc21. The van der Waals surface area contributed by atoms with Crippen molar-refractivity contribution in [1.29, 1.82) is 0 Å². The molecule has 0 aliphatic carbocycles. The zero-order valence-corrected chi connectivity index (χ0v) is 14.9. The highest BCUT2D eigenvalue weighted by Crippen LogP contribution is 2.18. The van der Waals surface area contributed by atoms with Crippen LogP contribution in [0.1, 0.15) is 16.8 Å². The number of para-hydroxylation sites is 3. The summed E-state index contributed by atoms with van der Waals surface area (Å²) in [4.78, 5) is 16.8. The number of nitrogens with zero attached hydrogens (tertiary/aromatic N) is 2. The molecule has 0 atom stereocenters. The van der Waals surface area contributed by atoms with Crippen LogP contribution in [0, 0.1) is 0 Å². The van der Waals surface area contributed by atoms with Gasteiger partial charge in [-0.15, -0.1) is 0 Å². The number of carbonyl (C=O) groups is 1. The van der Waals surface area contributed by atoms with Gasteiger partial charge in [-0.3, -0.25) is 4.79 Å². The van der Waals surface area contributed by atoms with Crippen molar-refractivity contribution in [1.82, 2.24) is 14.9 Å². The number of fused-ring (bicyclic) bond motifs is 1. The average Bonchev–Trinajstić information content (AvgIpc) is 3.09. The Morgan fingerprint density at radius 3 is 2.81 bits per heavy atom. The summed E-state index contributed by atoms with van der Waals surface area (Å²) < 4.78 is 12.7. The van der Waals surface area contributed by atoms with Gasteiger partial charge in [0.15, 0.2) is 0 Å². The summed E-state index contributed by atoms with van der Waals surface area (Å²) in [6.45, 7) is 2.27. The van der Waals surface area contributed by atoms with Crippen LogP contribution in [0.3, 0.4) is 0 Å². The standard InChI is InChI=1S/C20H23N3O3/c1-25-13-14-26-19-10-5-2-7-16(19)20(24)21-11-6-12-23-15-22-17-8-3-4-9-18(17)23/h2-5,7-10,15H,6,11-14H2,1H3,(H,21,24). The minimum Gasteiger partial charge on any atom is -0.490 e. The Morgan fingerprint density at radius 2 is 1.92 bits per heavy atom. The number of hydrogen-bond donors (Lipinski definition) is 1. The van der Waals surface area contributed by atoms with Crippen LogP contribution >= 0.6 is 0 Å². The zero-order valence-electron chi connectivity index (χ0n) is 14.9. The Morgan fingerprint density at radius 1 is 1.12 bits per heavy atom. The molecule has 6 heteroatoms. The Balaban J connectivity index is 1.51. The lowest BCUT2D eigenvalue weighted by Crippen LogP contribution is -2.26. The van der Waals surface area contributed by atoms with Crippen molar-refractivity contribution in [2.24, 2.45) is 0 Å². The summed E-state index contributed by atoms with van der Waals surface area (Å²) in [6.07, 6.45) is 2.66. The number of aromatic nitrogens is 2. The molecule has 0 radical (unpaired) electrons. The molecule has 0 fully saturated rings. The maximum Gasteiger partial charge on any atom is 0.255 e. The Hall–Kier alpha value is -2.86. The molecule has 6 nitrogen and oxygen atoms in total. The van der Waals surface area contributed by atoms with E-state index >= 15 is 0 Å². The Labute approximate surface area is 152 Å². The summed E-state index contributed by atoms with van der Waals surface area (Å²) in [6, 6.07) is 15.3. The number of amides is 1. The van der Waals surface area contributed by atoms with E-state index in [-0.39, 0.29) is 5.91 Å². The molecular formula is C20H23N3O3. The Kier molecular flexibility index (Phi) is 6.22. The largest absolute Gasteiger partial charge is 0.490 e. The van der Waals surface area contributed by atoms with Crippen LogP contribution in [0.25, 0.3) is 11.0 Å². The molecule has 0 saturated heterocycles. The number of benzene rings is 2. The van der Waals surface area contributed by atoms with Gasteiger partial charge in [-0.2, -0.15) is 0 Å². The lowest BCUT2D eigenvalue weighted by atomic mass is 10.2. The second-order valence-electron chi connectivity index (χ2n) is 5.87. The summed E-state index contributed by atoms with van der Waals surface area (Å²) in [5, 5.41) is 2.96. The molecule has 1 amide bonds. The third-order valence-electron chi connectivity index (χ3n) is 4.07. The van der Waals surface area contributed by atoms with E-state index in [4.69, 9.17) is 9.47 Å². The van der Waals surface area contributed by atoms with E-state index < -0.39 is 0 Å². The van der Waals surface area contributed by atoms with E-state index in [0.717, 1.165) is 24.0 Å². The smallest absolute Gasteiger partial charge is 0.255 e. The summed E-state index contributed by atoms with van der Waals surface area (Å²) in [5.41, 5.74) is 2.63. The fourth-order valence-corrected chi connectivity index (χ4v) is 2.75. The molecule has 1 aromatic heterocycles. The molecular weight excluding hydrogens is 330 g/mol. The van der Waals surface area contributed by atoms with E-state index in [1.165, 1.54) is 0 Å². The van der Waals surface area contributed by atoms with E-state index in [0.29, 0.717) is 31.1 Å². The second-order valence-corrected chi connectivity index (χ2v) is 5.87. The predicted molar refractivity (Wildman–Crippen MR) is 100 cm³/mol. The first kappa shape index (κ1) is 17.9. The summed E-state index contributed by atoms with van der Waals surface area (Å²) in [7, 11) is 1.62. The fraction of sp³-hybridized carbons (Fsp3) is 0.300. The van der Waals surface area contributed by atoms with Gasteiger partial charge in [0.2, 0.25) is 0 Å². The van der Waals surface area contributed by atoms with Gasteiger partial charge in [0.05, 0.1) is 29.5 Å². The molecule has 3 rings (SSSR count). The van der Waals surface area contributed by atoms with E-state index in [9.17, 15) is 4.79 Å². The molecule has 0 bridgehead atoms. The molecule has 3 aromatic rings. The molecule has 0 saturated carbocycles. The van der Waals surface area contributed by atoms with Crippen LogP contribution in [0.15, 0.2) is 54.9 Å². The minimum atomic E-state index is -0.131. The number of carbonyl (C=O) groups excluding carboxylic acids is 1. The van der Waals surface area contributed by atoms with Crippen LogP contribution in [0.4, 0.5) is 0 Å². The van der Waals surface area contributed by atoms with Crippen LogP contribution in [-0.4, -0.2) is 42.3 Å². The Bertz CT molecular complexity index is 860. The van der Waals surface area contributed by atoms with Crippen molar-refractivity contribution in [3.8, 4) is 5.75 Å².